The monoisotopic (exact) mass is 486 g/mol. The maximum absolute atomic E-state index is 2.76. The third kappa shape index (κ3) is 11.4. The van der Waals surface area contributed by atoms with Gasteiger partial charge in [-0.1, -0.05) is 130 Å². The second kappa shape index (κ2) is 19.0. The molecule has 2 aliphatic rings. The molecule has 0 saturated carbocycles. The first-order valence-corrected chi connectivity index (χ1v) is 15.3. The second-order valence-corrected chi connectivity index (χ2v) is 11.4. The molecule has 4 heteroatoms. The van der Waals surface area contributed by atoms with Gasteiger partial charge in [-0.3, -0.25) is 0 Å². The minimum Gasteiger partial charge on any atom is -0.228 e. The summed E-state index contributed by atoms with van der Waals surface area (Å²) in [5.41, 5.74) is 0. The van der Waals surface area contributed by atoms with Crippen LogP contribution < -0.4 is 0 Å². The zero-order valence-electron chi connectivity index (χ0n) is 22.5. The van der Waals surface area contributed by atoms with Crippen molar-refractivity contribution in [1.29, 1.82) is 0 Å². The van der Waals surface area contributed by atoms with E-state index in [0.29, 0.717) is 0 Å². The largest absolute Gasteiger partial charge is 0.228 e. The Balaban J connectivity index is 0.00000512. The van der Waals surface area contributed by atoms with E-state index >= 15 is 0 Å². The lowest BCUT2D eigenvalue weighted by Gasteiger charge is -2.06. The average molecular weight is 487 g/mol. The molecule has 0 aliphatic carbocycles. The third-order valence-corrected chi connectivity index (χ3v) is 9.21. The fraction of sp³-hybridized carbons (Fsp3) is 1.00. The highest BCUT2D eigenvalue weighted by Crippen LogP contribution is 2.50. The highest BCUT2D eigenvalue weighted by atomic mass is 32.2. The van der Waals surface area contributed by atoms with Crippen molar-refractivity contribution in [2.45, 2.75) is 180 Å². The van der Waals surface area contributed by atoms with Gasteiger partial charge in [0.1, 0.15) is 0 Å². The van der Waals surface area contributed by atoms with E-state index in [-0.39, 0.29) is 9.90 Å². The van der Waals surface area contributed by atoms with Gasteiger partial charge in [0.05, 0.1) is 0 Å². The Kier molecular flexibility index (Phi) is 18.2. The third-order valence-electron chi connectivity index (χ3n) is 7.75. The van der Waals surface area contributed by atoms with Crippen LogP contribution in [0.1, 0.15) is 156 Å². The first-order chi connectivity index (χ1) is 15.3. The summed E-state index contributed by atoms with van der Waals surface area (Å²) < 4.78 is 5.52. The van der Waals surface area contributed by atoms with Crippen molar-refractivity contribution < 1.29 is 0 Å². The summed E-state index contributed by atoms with van der Waals surface area (Å²) in [7, 11) is 0. The molecule has 2 rings (SSSR count). The predicted octanol–water partition coefficient (Wildman–Crippen LogP) is 9.59. The van der Waals surface area contributed by atoms with Crippen molar-refractivity contribution in [3.63, 3.8) is 0 Å². The number of rotatable bonds is 22. The van der Waals surface area contributed by atoms with Crippen molar-refractivity contribution in [3.05, 3.63) is 0 Å². The maximum atomic E-state index is 2.76. The van der Waals surface area contributed by atoms with E-state index in [9.17, 15) is 0 Å². The molecule has 192 valence electrons. The van der Waals surface area contributed by atoms with Crippen molar-refractivity contribution in [1.82, 2.24) is 8.61 Å². The van der Waals surface area contributed by atoms with Gasteiger partial charge in [0.15, 0.2) is 0 Å². The van der Waals surface area contributed by atoms with Gasteiger partial charge in [-0.05, 0) is 25.7 Å². The Labute approximate surface area is 210 Å². The quantitative estimate of drug-likeness (QED) is 0.0650. The van der Waals surface area contributed by atoms with Gasteiger partial charge in [0.25, 0.3) is 0 Å². The Morgan fingerprint density at radius 1 is 0.438 bits per heavy atom. The van der Waals surface area contributed by atoms with Crippen LogP contribution in [-0.2, 0) is 0 Å². The predicted molar refractivity (Wildman–Crippen MR) is 153 cm³/mol. The number of hydrogen-bond acceptors (Lipinski definition) is 3. The summed E-state index contributed by atoms with van der Waals surface area (Å²) in [6.45, 7) is 9.40. The van der Waals surface area contributed by atoms with Gasteiger partial charge in [-0.15, -0.1) is 0 Å². The summed E-state index contributed by atoms with van der Waals surface area (Å²) >= 11 is 2.13. The topological polar surface area (TPSA) is 6.02 Å². The Bertz CT molecular complexity index is 398. The molecule has 0 aromatic carbocycles. The van der Waals surface area contributed by atoms with E-state index in [4.69, 9.17) is 0 Å². The standard InChI is InChI=1S/C28H56N2S.H3P/c1-5-9-11-13-15-17-19-21-23-27-25(7-3)29(27)31-30-26(8-4)28(30)24-22-20-18-16-14-12-10-6-2;/h25-28H,5-24H2,1-4H3;1H3. The van der Waals surface area contributed by atoms with Crippen molar-refractivity contribution in [2.24, 2.45) is 0 Å². The summed E-state index contributed by atoms with van der Waals surface area (Å²) in [5.74, 6) is 0. The highest BCUT2D eigenvalue weighted by molar-refractivity contribution is 7.95. The first kappa shape index (κ1) is 30.7. The summed E-state index contributed by atoms with van der Waals surface area (Å²) in [6, 6.07) is 3.46. The van der Waals surface area contributed by atoms with E-state index in [1.54, 1.807) is 0 Å². The lowest BCUT2D eigenvalue weighted by molar-refractivity contribution is 0.550. The molecular formula is C28H59N2PS. The van der Waals surface area contributed by atoms with E-state index in [2.05, 4.69) is 48.4 Å². The number of nitrogens with zero attached hydrogens (tertiary/aromatic N) is 2. The van der Waals surface area contributed by atoms with Gasteiger partial charge < -0.3 is 0 Å². The van der Waals surface area contributed by atoms with E-state index in [0.717, 1.165) is 24.2 Å². The molecule has 2 fully saturated rings. The van der Waals surface area contributed by atoms with Gasteiger partial charge >= 0.3 is 0 Å². The van der Waals surface area contributed by atoms with Crippen LogP contribution in [0.25, 0.3) is 0 Å². The fourth-order valence-corrected chi connectivity index (χ4v) is 7.15. The highest BCUT2D eigenvalue weighted by Gasteiger charge is 2.54. The van der Waals surface area contributed by atoms with Crippen LogP contribution in [0.5, 0.6) is 0 Å². The molecule has 0 spiro atoms. The van der Waals surface area contributed by atoms with Crippen LogP contribution in [0.4, 0.5) is 0 Å². The van der Waals surface area contributed by atoms with E-state index in [1.807, 2.05) is 0 Å². The van der Waals surface area contributed by atoms with Crippen molar-refractivity contribution in [3.8, 4) is 0 Å². The molecule has 7 atom stereocenters. The second-order valence-electron chi connectivity index (χ2n) is 10.4. The molecule has 0 aromatic rings. The summed E-state index contributed by atoms with van der Waals surface area (Å²) in [5, 5.41) is 0. The minimum absolute atomic E-state index is 0. The number of hydrogen-bond donors (Lipinski definition) is 0. The molecule has 0 amide bonds. The number of unbranched alkanes of at least 4 members (excludes halogenated alkanes) is 14. The Hall–Kier alpha value is 0.700. The maximum Gasteiger partial charge on any atom is 0.0383 e. The molecule has 2 saturated heterocycles. The smallest absolute Gasteiger partial charge is 0.0383 e. The summed E-state index contributed by atoms with van der Waals surface area (Å²) in [6.07, 6.45) is 28.6. The molecular weight excluding hydrogens is 427 g/mol. The normalized spacial score (nSPS) is 28.5. The molecule has 7 unspecified atom stereocenters. The van der Waals surface area contributed by atoms with Gasteiger partial charge in [-0.2, -0.15) is 9.90 Å². The van der Waals surface area contributed by atoms with Gasteiger partial charge in [0.2, 0.25) is 0 Å². The molecule has 32 heavy (non-hydrogen) atoms. The molecule has 2 nitrogen and oxygen atoms in total. The lowest BCUT2D eigenvalue weighted by Crippen LogP contribution is -2.00. The Morgan fingerprint density at radius 2 is 0.750 bits per heavy atom. The SMILES string of the molecule is CCCCCCCCCCC1C(CC)N1SN1C(CC)C1CCCCCCCCCC.P. The fourth-order valence-electron chi connectivity index (χ4n) is 5.49. The average Bonchev–Trinajstić information content (AvgIpc) is 3.66. The Morgan fingerprint density at radius 3 is 1.06 bits per heavy atom. The molecule has 2 heterocycles. The lowest BCUT2D eigenvalue weighted by atomic mass is 10.1. The first-order valence-electron chi connectivity index (χ1n) is 14.5. The summed E-state index contributed by atoms with van der Waals surface area (Å²) in [4.78, 5) is 0. The van der Waals surface area contributed by atoms with Crippen LogP contribution in [0.3, 0.4) is 0 Å². The van der Waals surface area contributed by atoms with Gasteiger partial charge in [0, 0.05) is 36.3 Å². The van der Waals surface area contributed by atoms with Gasteiger partial charge in [-0.25, -0.2) is 8.61 Å². The zero-order chi connectivity index (χ0) is 22.3. The van der Waals surface area contributed by atoms with Crippen LogP contribution >= 0.6 is 22.0 Å². The molecule has 0 radical (unpaired) electrons. The molecule has 0 aromatic heterocycles. The molecule has 0 bridgehead atoms. The molecule has 0 N–H and O–H groups in total. The van der Waals surface area contributed by atoms with E-state index < -0.39 is 0 Å². The van der Waals surface area contributed by atoms with Crippen molar-refractivity contribution in [2.75, 3.05) is 0 Å². The van der Waals surface area contributed by atoms with Crippen LogP contribution in [0.15, 0.2) is 0 Å². The van der Waals surface area contributed by atoms with E-state index in [1.165, 1.54) is 128 Å². The van der Waals surface area contributed by atoms with Crippen molar-refractivity contribution >= 4 is 22.0 Å². The zero-order valence-corrected chi connectivity index (χ0v) is 24.7. The van der Waals surface area contributed by atoms with Crippen LogP contribution in [0.2, 0.25) is 0 Å². The van der Waals surface area contributed by atoms with Crippen LogP contribution in [0, 0.1) is 0 Å². The minimum atomic E-state index is 0. The van der Waals surface area contributed by atoms with Crippen LogP contribution in [-0.4, -0.2) is 32.8 Å². The molecule has 2 aliphatic heterocycles.